The molecule has 4 aromatic rings. The second-order valence-corrected chi connectivity index (χ2v) is 9.81. The minimum atomic E-state index is -0.561. The van der Waals surface area contributed by atoms with E-state index < -0.39 is 6.04 Å². The fourth-order valence-electron chi connectivity index (χ4n) is 5.04. The van der Waals surface area contributed by atoms with Gasteiger partial charge in [-0.15, -0.1) is 0 Å². The van der Waals surface area contributed by atoms with E-state index in [2.05, 4.69) is 27.8 Å². The van der Waals surface area contributed by atoms with E-state index in [9.17, 15) is 4.79 Å². The number of unbranched alkanes of at least 4 members (excludes halogenated alkanes) is 1. The lowest BCUT2D eigenvalue weighted by Crippen LogP contribution is -2.42. The zero-order valence-corrected chi connectivity index (χ0v) is 20.6. The van der Waals surface area contributed by atoms with Crippen LogP contribution in [0.5, 0.6) is 0 Å². The molecule has 35 heavy (non-hydrogen) atoms. The number of amides is 1. The third-order valence-corrected chi connectivity index (χ3v) is 7.12. The predicted molar refractivity (Wildman–Crippen MR) is 144 cm³/mol. The fourth-order valence-corrected chi connectivity index (χ4v) is 5.20. The lowest BCUT2D eigenvalue weighted by atomic mass is 9.92. The average molecular weight is 490 g/mol. The minimum absolute atomic E-state index is 0.102. The number of fused-ring (bicyclic) bond motifs is 3. The first-order valence-corrected chi connectivity index (χ1v) is 12.9. The van der Waals surface area contributed by atoms with Gasteiger partial charge < -0.3 is 21.4 Å². The maximum absolute atomic E-state index is 12.5. The summed E-state index contributed by atoms with van der Waals surface area (Å²) < 4.78 is 0. The molecule has 1 atom stereocenters. The Morgan fingerprint density at radius 3 is 2.83 bits per heavy atom. The van der Waals surface area contributed by atoms with Crippen molar-refractivity contribution in [2.75, 3.05) is 18.4 Å². The lowest BCUT2D eigenvalue weighted by Gasteiger charge is -2.22. The molecular weight excluding hydrogens is 458 g/mol. The van der Waals surface area contributed by atoms with Crippen molar-refractivity contribution < 1.29 is 4.79 Å². The van der Waals surface area contributed by atoms with Crippen molar-refractivity contribution in [3.05, 3.63) is 70.5 Å². The van der Waals surface area contributed by atoms with Gasteiger partial charge in [-0.3, -0.25) is 9.78 Å². The highest BCUT2D eigenvalue weighted by molar-refractivity contribution is 6.31. The predicted octanol–water partition coefficient (Wildman–Crippen LogP) is 5.13. The molecule has 0 spiro atoms. The molecule has 1 aliphatic rings. The number of hydrogen-bond donors (Lipinski definition) is 4. The van der Waals surface area contributed by atoms with E-state index in [1.165, 1.54) is 29.8 Å². The first kappa shape index (κ1) is 23.6. The molecule has 0 bridgehead atoms. The number of nitrogens with two attached hydrogens (primary N) is 1. The second kappa shape index (κ2) is 10.7. The molecule has 6 nitrogen and oxygen atoms in total. The number of pyridine rings is 1. The average Bonchev–Trinajstić information content (AvgIpc) is 3.27. The number of H-pyrrole nitrogens is 1. The Hall–Kier alpha value is -3.09. The highest BCUT2D eigenvalue weighted by atomic mass is 35.5. The number of nitrogens with one attached hydrogen (secondary N) is 3. The number of hydrogen-bond acceptors (Lipinski definition) is 4. The smallest absolute Gasteiger partial charge is 0.237 e. The standard InChI is InChI=1S/C28H32ClN5O/c29-19-11-12-22-26(16-19)34-25-10-4-2-8-21(25)27(22)31-13-5-6-14-32-28(35)23(30)15-18-17-33-24-9-3-1-7-20(18)24/h1,3,7,9,11-12,16-17,23,33H,2,4-6,8,10,13-15,30H2,(H,31,34)(H,32,35)/t23-/m0/s1. The number of aromatic nitrogens is 2. The maximum atomic E-state index is 12.5. The SMILES string of the molecule is N[C@@H](Cc1c[nH]c2ccccc12)C(=O)NCCCCNc1c2c(nc3cc(Cl)ccc13)CCCC2. The molecule has 0 aliphatic heterocycles. The number of rotatable bonds is 9. The highest BCUT2D eigenvalue weighted by Crippen LogP contribution is 2.34. The highest BCUT2D eigenvalue weighted by Gasteiger charge is 2.18. The van der Waals surface area contributed by atoms with E-state index in [1.807, 2.05) is 36.5 Å². The Kier molecular flexibility index (Phi) is 7.21. The van der Waals surface area contributed by atoms with E-state index in [0.29, 0.717) is 18.0 Å². The van der Waals surface area contributed by atoms with Gasteiger partial charge in [-0.2, -0.15) is 0 Å². The van der Waals surface area contributed by atoms with Crippen LogP contribution in [0.1, 0.15) is 42.5 Å². The molecule has 5 rings (SSSR count). The number of aromatic amines is 1. The monoisotopic (exact) mass is 489 g/mol. The van der Waals surface area contributed by atoms with E-state index in [0.717, 1.165) is 59.6 Å². The number of benzene rings is 2. The van der Waals surface area contributed by atoms with Crippen LogP contribution in [-0.4, -0.2) is 35.0 Å². The van der Waals surface area contributed by atoms with Crippen molar-refractivity contribution in [1.29, 1.82) is 0 Å². The van der Waals surface area contributed by atoms with E-state index in [1.54, 1.807) is 0 Å². The van der Waals surface area contributed by atoms with Crippen LogP contribution >= 0.6 is 11.6 Å². The number of anilines is 1. The Balaban J connectivity index is 1.12. The van der Waals surface area contributed by atoms with Crippen LogP contribution in [0.15, 0.2) is 48.7 Å². The summed E-state index contributed by atoms with van der Waals surface area (Å²) in [6, 6.07) is 13.5. The molecule has 1 amide bonds. The Morgan fingerprint density at radius 1 is 1.09 bits per heavy atom. The molecule has 0 radical (unpaired) electrons. The number of carbonyl (C=O) groups is 1. The minimum Gasteiger partial charge on any atom is -0.384 e. The van der Waals surface area contributed by atoms with E-state index in [-0.39, 0.29) is 5.91 Å². The summed E-state index contributed by atoms with van der Waals surface area (Å²) in [6.45, 7) is 1.46. The van der Waals surface area contributed by atoms with Crippen LogP contribution in [0.2, 0.25) is 5.02 Å². The number of nitrogens with zero attached hydrogens (tertiary/aromatic N) is 1. The number of aryl methyl sites for hydroxylation is 1. The van der Waals surface area contributed by atoms with Gasteiger partial charge in [-0.1, -0.05) is 29.8 Å². The van der Waals surface area contributed by atoms with Gasteiger partial charge >= 0.3 is 0 Å². The Bertz CT molecular complexity index is 1350. The summed E-state index contributed by atoms with van der Waals surface area (Å²) in [4.78, 5) is 20.6. The summed E-state index contributed by atoms with van der Waals surface area (Å²) in [7, 11) is 0. The zero-order chi connectivity index (χ0) is 24.2. The van der Waals surface area contributed by atoms with Crippen LogP contribution in [0.25, 0.3) is 21.8 Å². The summed E-state index contributed by atoms with van der Waals surface area (Å²) in [6.07, 6.45) is 8.77. The van der Waals surface area contributed by atoms with Gasteiger partial charge in [0.05, 0.1) is 11.6 Å². The van der Waals surface area contributed by atoms with Crippen molar-refractivity contribution in [3.8, 4) is 0 Å². The quantitative estimate of drug-likeness (QED) is 0.245. The molecule has 5 N–H and O–H groups in total. The fraction of sp³-hybridized carbons (Fsp3) is 0.357. The van der Waals surface area contributed by atoms with Crippen LogP contribution in [0.4, 0.5) is 5.69 Å². The van der Waals surface area contributed by atoms with Gasteiger partial charge in [0.1, 0.15) is 0 Å². The molecule has 182 valence electrons. The normalized spacial score (nSPS) is 14.1. The second-order valence-electron chi connectivity index (χ2n) is 9.38. The molecule has 7 heteroatoms. The molecule has 2 aromatic heterocycles. The van der Waals surface area contributed by atoms with Gasteiger partial charge in [0.25, 0.3) is 0 Å². The summed E-state index contributed by atoms with van der Waals surface area (Å²) in [5, 5.41) is 9.63. The largest absolute Gasteiger partial charge is 0.384 e. The summed E-state index contributed by atoms with van der Waals surface area (Å²) >= 11 is 6.22. The summed E-state index contributed by atoms with van der Waals surface area (Å²) in [5.74, 6) is -0.102. The van der Waals surface area contributed by atoms with Crippen molar-refractivity contribution >= 4 is 45.0 Å². The van der Waals surface area contributed by atoms with Crippen LogP contribution in [0, 0.1) is 0 Å². The maximum Gasteiger partial charge on any atom is 0.237 e. The first-order chi connectivity index (χ1) is 17.1. The zero-order valence-electron chi connectivity index (χ0n) is 19.9. The number of para-hydroxylation sites is 1. The molecular formula is C28H32ClN5O. The Labute approximate surface area is 210 Å². The number of carbonyl (C=O) groups excluding carboxylic acids is 1. The molecule has 0 fully saturated rings. The molecule has 1 aliphatic carbocycles. The Morgan fingerprint density at radius 2 is 1.91 bits per heavy atom. The van der Waals surface area contributed by atoms with E-state index in [4.69, 9.17) is 22.3 Å². The molecule has 0 saturated heterocycles. The molecule has 0 saturated carbocycles. The van der Waals surface area contributed by atoms with E-state index >= 15 is 0 Å². The molecule has 2 heterocycles. The molecule has 0 unspecified atom stereocenters. The van der Waals surface area contributed by atoms with Crippen molar-refractivity contribution in [1.82, 2.24) is 15.3 Å². The third kappa shape index (κ3) is 5.29. The van der Waals surface area contributed by atoms with Gasteiger partial charge in [0, 0.05) is 52.0 Å². The lowest BCUT2D eigenvalue weighted by molar-refractivity contribution is -0.122. The van der Waals surface area contributed by atoms with Crippen LogP contribution in [-0.2, 0) is 24.1 Å². The topological polar surface area (TPSA) is 95.8 Å². The van der Waals surface area contributed by atoms with Crippen LogP contribution < -0.4 is 16.4 Å². The van der Waals surface area contributed by atoms with Gasteiger partial charge in [0.2, 0.25) is 5.91 Å². The van der Waals surface area contributed by atoms with Crippen molar-refractivity contribution in [3.63, 3.8) is 0 Å². The van der Waals surface area contributed by atoms with Crippen molar-refractivity contribution in [2.45, 2.75) is 51.0 Å². The summed E-state index contributed by atoms with van der Waals surface area (Å²) in [5.41, 5.74) is 13.0. The van der Waals surface area contributed by atoms with Crippen LogP contribution in [0.3, 0.4) is 0 Å². The molecule has 2 aromatic carbocycles. The first-order valence-electron chi connectivity index (χ1n) is 12.5. The third-order valence-electron chi connectivity index (χ3n) is 6.88. The van der Waals surface area contributed by atoms with Gasteiger partial charge in [-0.25, -0.2) is 0 Å². The van der Waals surface area contributed by atoms with Gasteiger partial charge in [-0.05, 0) is 80.3 Å². The van der Waals surface area contributed by atoms with Gasteiger partial charge in [0.15, 0.2) is 0 Å². The number of halogens is 1. The van der Waals surface area contributed by atoms with Crippen molar-refractivity contribution in [2.24, 2.45) is 5.73 Å².